The van der Waals surface area contributed by atoms with Crippen LogP contribution in [-0.2, 0) is 9.59 Å². The zero-order valence-electron chi connectivity index (χ0n) is 13.1. The Labute approximate surface area is 148 Å². The van der Waals surface area contributed by atoms with Gasteiger partial charge in [-0.25, -0.2) is 4.79 Å². The van der Waals surface area contributed by atoms with Crippen molar-refractivity contribution >= 4 is 41.3 Å². The van der Waals surface area contributed by atoms with Gasteiger partial charge in [0.15, 0.2) is 0 Å². The third-order valence-electron chi connectivity index (χ3n) is 4.22. The van der Waals surface area contributed by atoms with E-state index < -0.39 is 18.1 Å². The minimum absolute atomic E-state index is 0.154. The molecule has 0 bridgehead atoms. The van der Waals surface area contributed by atoms with Gasteiger partial charge in [0, 0.05) is 11.3 Å². The van der Waals surface area contributed by atoms with Crippen molar-refractivity contribution in [2.45, 2.75) is 23.9 Å². The molecule has 8 heteroatoms. The van der Waals surface area contributed by atoms with Gasteiger partial charge in [0.1, 0.15) is 17.5 Å². The fourth-order valence-corrected chi connectivity index (χ4v) is 4.94. The zero-order valence-corrected chi connectivity index (χ0v) is 14.7. The summed E-state index contributed by atoms with van der Waals surface area (Å²) in [5, 5.41) is 11.7. The number of nitrogens with zero attached hydrogens (tertiary/aromatic N) is 1. The van der Waals surface area contributed by atoms with Gasteiger partial charge in [-0.1, -0.05) is 18.2 Å². The van der Waals surface area contributed by atoms with Gasteiger partial charge in [0.05, 0.1) is 0 Å². The highest BCUT2D eigenvalue weighted by Gasteiger charge is 2.48. The Morgan fingerprint density at radius 3 is 2.92 bits per heavy atom. The number of carboxylic acid groups (broad SMARTS) is 1. The molecular formula is C16H18N2O4S2. The first kappa shape index (κ1) is 17.2. The molecule has 3 atom stereocenters. The lowest BCUT2D eigenvalue weighted by Gasteiger charge is -2.24. The molecule has 0 aliphatic carbocycles. The van der Waals surface area contributed by atoms with Crippen LogP contribution in [0, 0.1) is 0 Å². The van der Waals surface area contributed by atoms with Crippen LogP contribution in [0.4, 0.5) is 0 Å². The SMILES string of the molecule is CSCC[C@H](NC(=O)[C@H]1CS[C@@H]2c3ccccc3C(=O)N12)C(=O)O. The molecule has 0 spiro atoms. The molecule has 1 saturated heterocycles. The zero-order chi connectivity index (χ0) is 17.3. The quantitative estimate of drug-likeness (QED) is 0.795. The number of nitrogens with one attached hydrogen (secondary N) is 1. The van der Waals surface area contributed by atoms with Crippen molar-refractivity contribution < 1.29 is 19.5 Å². The van der Waals surface area contributed by atoms with Crippen LogP contribution < -0.4 is 5.32 Å². The molecule has 0 saturated carbocycles. The largest absolute Gasteiger partial charge is 0.480 e. The van der Waals surface area contributed by atoms with Crippen LogP contribution in [0.25, 0.3) is 0 Å². The molecule has 0 unspecified atom stereocenters. The van der Waals surface area contributed by atoms with E-state index in [2.05, 4.69) is 5.32 Å². The number of carbonyl (C=O) groups is 3. The van der Waals surface area contributed by atoms with Gasteiger partial charge in [-0.2, -0.15) is 11.8 Å². The Kier molecular flexibility index (Phi) is 5.05. The summed E-state index contributed by atoms with van der Waals surface area (Å²) >= 11 is 3.07. The van der Waals surface area contributed by atoms with E-state index in [9.17, 15) is 19.5 Å². The van der Waals surface area contributed by atoms with Crippen molar-refractivity contribution in [3.8, 4) is 0 Å². The van der Waals surface area contributed by atoms with Crippen LogP contribution in [-0.4, -0.2) is 57.6 Å². The highest BCUT2D eigenvalue weighted by atomic mass is 32.2. The number of rotatable bonds is 6. The Morgan fingerprint density at radius 2 is 2.21 bits per heavy atom. The number of carboxylic acids is 1. The first-order valence-corrected chi connectivity index (χ1v) is 10.0. The number of fused-ring (bicyclic) bond motifs is 3. The van der Waals surface area contributed by atoms with Crippen LogP contribution >= 0.6 is 23.5 Å². The highest BCUT2D eigenvalue weighted by Crippen LogP contribution is 2.48. The molecule has 1 aromatic carbocycles. The average molecular weight is 366 g/mol. The summed E-state index contributed by atoms with van der Waals surface area (Å²) in [6.07, 6.45) is 2.25. The molecule has 0 radical (unpaired) electrons. The molecule has 128 valence electrons. The van der Waals surface area contributed by atoms with Crippen molar-refractivity contribution in [2.75, 3.05) is 17.8 Å². The molecule has 2 aliphatic rings. The van der Waals surface area contributed by atoms with Gasteiger partial charge in [0.2, 0.25) is 5.91 Å². The lowest BCUT2D eigenvalue weighted by atomic mass is 10.1. The highest BCUT2D eigenvalue weighted by molar-refractivity contribution is 7.99. The smallest absolute Gasteiger partial charge is 0.326 e. The first-order chi connectivity index (χ1) is 11.5. The van der Waals surface area contributed by atoms with E-state index in [0.717, 1.165) is 5.56 Å². The summed E-state index contributed by atoms with van der Waals surface area (Å²) in [6, 6.07) is 5.81. The topological polar surface area (TPSA) is 86.7 Å². The molecule has 2 aliphatic heterocycles. The molecule has 0 aromatic heterocycles. The monoisotopic (exact) mass is 366 g/mol. The Morgan fingerprint density at radius 1 is 1.46 bits per heavy atom. The summed E-state index contributed by atoms with van der Waals surface area (Å²) in [7, 11) is 0. The van der Waals surface area contributed by atoms with E-state index in [-0.39, 0.29) is 17.2 Å². The van der Waals surface area contributed by atoms with Crippen LogP contribution in [0.2, 0.25) is 0 Å². The second-order valence-electron chi connectivity index (χ2n) is 5.68. The van der Waals surface area contributed by atoms with Crippen LogP contribution in [0.1, 0.15) is 27.7 Å². The summed E-state index contributed by atoms with van der Waals surface area (Å²) < 4.78 is 0. The summed E-state index contributed by atoms with van der Waals surface area (Å²) in [4.78, 5) is 38.1. The van der Waals surface area contributed by atoms with Gasteiger partial charge in [0.25, 0.3) is 5.91 Å². The molecule has 24 heavy (non-hydrogen) atoms. The van der Waals surface area contributed by atoms with E-state index in [1.807, 2.05) is 24.5 Å². The molecule has 2 N–H and O–H groups in total. The fourth-order valence-electron chi connectivity index (χ4n) is 3.00. The minimum atomic E-state index is -1.05. The summed E-state index contributed by atoms with van der Waals surface area (Å²) in [6.45, 7) is 0. The third-order valence-corrected chi connectivity index (χ3v) is 6.17. The van der Waals surface area contributed by atoms with E-state index in [0.29, 0.717) is 23.5 Å². The predicted molar refractivity (Wildman–Crippen MR) is 94.2 cm³/mol. The lowest BCUT2D eigenvalue weighted by molar-refractivity contribution is -0.142. The van der Waals surface area contributed by atoms with E-state index >= 15 is 0 Å². The Balaban J connectivity index is 1.74. The van der Waals surface area contributed by atoms with Gasteiger partial charge < -0.3 is 15.3 Å². The maximum Gasteiger partial charge on any atom is 0.326 e. The lowest BCUT2D eigenvalue weighted by Crippen LogP contribution is -2.51. The van der Waals surface area contributed by atoms with Crippen LogP contribution in [0.15, 0.2) is 24.3 Å². The van der Waals surface area contributed by atoms with Gasteiger partial charge in [-0.3, -0.25) is 9.59 Å². The maximum atomic E-state index is 12.6. The average Bonchev–Trinajstić information content (AvgIpc) is 3.12. The van der Waals surface area contributed by atoms with E-state index in [4.69, 9.17) is 0 Å². The second-order valence-corrected chi connectivity index (χ2v) is 7.78. The number of carbonyl (C=O) groups excluding carboxylic acids is 2. The number of aliphatic carboxylic acids is 1. The maximum absolute atomic E-state index is 12.6. The van der Waals surface area contributed by atoms with E-state index in [1.54, 1.807) is 22.7 Å². The number of hydrogen-bond donors (Lipinski definition) is 2. The molecule has 1 fully saturated rings. The Hall–Kier alpha value is -1.67. The normalized spacial score (nSPS) is 22.9. The van der Waals surface area contributed by atoms with Crippen molar-refractivity contribution in [1.82, 2.24) is 10.2 Å². The molecule has 2 heterocycles. The first-order valence-electron chi connectivity index (χ1n) is 7.60. The van der Waals surface area contributed by atoms with Crippen LogP contribution in [0.3, 0.4) is 0 Å². The van der Waals surface area contributed by atoms with Crippen molar-refractivity contribution in [3.05, 3.63) is 35.4 Å². The number of thioether (sulfide) groups is 2. The van der Waals surface area contributed by atoms with Crippen molar-refractivity contribution in [1.29, 1.82) is 0 Å². The number of benzene rings is 1. The van der Waals surface area contributed by atoms with Gasteiger partial charge in [-0.15, -0.1) is 11.8 Å². The van der Waals surface area contributed by atoms with Crippen molar-refractivity contribution in [3.63, 3.8) is 0 Å². The van der Waals surface area contributed by atoms with E-state index in [1.165, 1.54) is 11.8 Å². The molecule has 1 aromatic rings. The molecule has 3 rings (SSSR count). The summed E-state index contributed by atoms with van der Waals surface area (Å²) in [5.41, 5.74) is 1.56. The third kappa shape index (κ3) is 3.00. The molecule has 6 nitrogen and oxygen atoms in total. The van der Waals surface area contributed by atoms with Gasteiger partial charge >= 0.3 is 5.97 Å². The molecular weight excluding hydrogens is 348 g/mol. The van der Waals surface area contributed by atoms with Crippen molar-refractivity contribution in [2.24, 2.45) is 0 Å². The minimum Gasteiger partial charge on any atom is -0.480 e. The summed E-state index contributed by atoms with van der Waals surface area (Å²) in [5.74, 6) is -0.467. The van der Waals surface area contributed by atoms with Gasteiger partial charge in [-0.05, 0) is 30.1 Å². The second kappa shape index (κ2) is 7.06. The fraction of sp³-hybridized carbons (Fsp3) is 0.438. The predicted octanol–water partition coefficient (Wildman–Crippen LogP) is 1.58. The van der Waals surface area contributed by atoms with Crippen LogP contribution in [0.5, 0.6) is 0 Å². The molecule has 2 amide bonds. The number of hydrogen-bond acceptors (Lipinski definition) is 5. The number of amides is 2. The Bertz CT molecular complexity index is 682. The standard InChI is InChI=1S/C16H18N2O4S2/c1-23-7-6-11(16(21)22)17-13(19)12-8-24-15-10-5-3-2-4-9(10)14(20)18(12)15/h2-5,11-12,15H,6-8H2,1H3,(H,17,19)(H,21,22)/t11-,12+,15+/m0/s1.